The van der Waals surface area contributed by atoms with Crippen LogP contribution in [0, 0.1) is 6.92 Å². The maximum Gasteiger partial charge on any atom is 0.418 e. The van der Waals surface area contributed by atoms with Crippen LogP contribution in [0.2, 0.25) is 5.02 Å². The molecule has 0 aliphatic heterocycles. The second-order valence-corrected chi connectivity index (χ2v) is 10.7. The van der Waals surface area contributed by atoms with Crippen molar-refractivity contribution < 1.29 is 26.4 Å². The lowest BCUT2D eigenvalue weighted by atomic mass is 10.1. The summed E-state index contributed by atoms with van der Waals surface area (Å²) in [4.78, 5) is 12.7. The van der Waals surface area contributed by atoms with Crippen molar-refractivity contribution in [2.24, 2.45) is 0 Å². The van der Waals surface area contributed by atoms with E-state index < -0.39 is 39.9 Å². The van der Waals surface area contributed by atoms with Gasteiger partial charge in [-0.05, 0) is 55.0 Å². The Balaban J connectivity index is 1.92. The molecule has 0 saturated carbocycles. The summed E-state index contributed by atoms with van der Waals surface area (Å²) in [6.45, 7) is 0.934. The number of rotatable bonds is 7. The van der Waals surface area contributed by atoms with Crippen molar-refractivity contribution in [1.82, 2.24) is 4.31 Å². The minimum atomic E-state index is -4.77. The minimum absolute atomic E-state index is 0.0366. The summed E-state index contributed by atoms with van der Waals surface area (Å²) in [5.41, 5.74) is -0.208. The Labute approximate surface area is 208 Å². The first kappa shape index (κ1) is 26.2. The fourth-order valence-electron chi connectivity index (χ4n) is 3.09. The zero-order valence-electron chi connectivity index (χ0n) is 17.7. The van der Waals surface area contributed by atoms with Gasteiger partial charge in [0, 0.05) is 16.0 Å². The van der Waals surface area contributed by atoms with Crippen LogP contribution < -0.4 is 5.32 Å². The van der Waals surface area contributed by atoms with Gasteiger partial charge in [0.05, 0.1) is 22.7 Å². The van der Waals surface area contributed by atoms with Gasteiger partial charge in [0.25, 0.3) is 0 Å². The van der Waals surface area contributed by atoms with Gasteiger partial charge in [-0.3, -0.25) is 4.79 Å². The van der Waals surface area contributed by atoms with Crippen molar-refractivity contribution in [2.45, 2.75) is 24.5 Å². The molecule has 0 aromatic heterocycles. The largest absolute Gasteiger partial charge is 0.418 e. The number of anilines is 1. The van der Waals surface area contributed by atoms with Crippen LogP contribution in [0.25, 0.3) is 0 Å². The van der Waals surface area contributed by atoms with Gasteiger partial charge in [-0.15, -0.1) is 0 Å². The average molecular weight is 576 g/mol. The summed E-state index contributed by atoms with van der Waals surface area (Å²) in [6, 6.07) is 15.8. The molecule has 5 nitrogen and oxygen atoms in total. The standard InChI is InChI=1S/C23H19BrClF3N2O3S/c1-15-2-9-19(10-3-15)34(32,33)30(13-16-4-6-17(24)7-5-16)14-22(31)29-21-11-8-18(25)12-20(21)23(26,27)28/h2-12H,13-14H2,1H3,(H,29,31). The van der Waals surface area contributed by atoms with Gasteiger partial charge < -0.3 is 5.32 Å². The molecule has 3 aromatic carbocycles. The highest BCUT2D eigenvalue weighted by Crippen LogP contribution is 2.36. The number of nitrogens with one attached hydrogen (secondary N) is 1. The lowest BCUT2D eigenvalue weighted by Gasteiger charge is -2.23. The molecule has 0 atom stereocenters. The van der Waals surface area contributed by atoms with Gasteiger partial charge in [0.1, 0.15) is 0 Å². The molecule has 11 heteroatoms. The first-order chi connectivity index (χ1) is 15.9. The van der Waals surface area contributed by atoms with E-state index in [0.29, 0.717) is 11.6 Å². The van der Waals surface area contributed by atoms with Gasteiger partial charge >= 0.3 is 6.18 Å². The Hall–Kier alpha value is -2.40. The van der Waals surface area contributed by atoms with Gasteiger partial charge in [0.2, 0.25) is 15.9 Å². The highest BCUT2D eigenvalue weighted by atomic mass is 79.9. The molecule has 0 unspecified atom stereocenters. The normalized spacial score (nSPS) is 12.1. The van der Waals surface area contributed by atoms with Crippen LogP contribution in [0.4, 0.5) is 18.9 Å². The monoisotopic (exact) mass is 574 g/mol. The Bertz CT molecular complexity index is 1280. The topological polar surface area (TPSA) is 66.5 Å². The van der Waals surface area contributed by atoms with Gasteiger partial charge in [0.15, 0.2) is 0 Å². The Morgan fingerprint density at radius 3 is 2.24 bits per heavy atom. The molecule has 0 fully saturated rings. The molecule has 0 heterocycles. The molecule has 0 spiro atoms. The van der Waals surface area contributed by atoms with E-state index in [9.17, 15) is 26.4 Å². The van der Waals surface area contributed by atoms with Crippen LogP contribution in [0.5, 0.6) is 0 Å². The number of nitrogens with zero attached hydrogens (tertiary/aromatic N) is 1. The second kappa shape index (κ2) is 10.5. The van der Waals surface area contributed by atoms with E-state index in [1.54, 1.807) is 43.3 Å². The Morgan fingerprint density at radius 2 is 1.65 bits per heavy atom. The smallest absolute Gasteiger partial charge is 0.324 e. The maximum atomic E-state index is 13.4. The molecule has 0 saturated heterocycles. The van der Waals surface area contributed by atoms with E-state index in [0.717, 1.165) is 20.4 Å². The van der Waals surface area contributed by atoms with Crippen molar-refractivity contribution in [2.75, 3.05) is 11.9 Å². The third-order valence-electron chi connectivity index (χ3n) is 4.81. The van der Waals surface area contributed by atoms with Crippen LogP contribution in [0.15, 0.2) is 76.1 Å². The lowest BCUT2D eigenvalue weighted by Crippen LogP contribution is -2.37. The molecule has 0 radical (unpaired) electrons. The molecule has 3 aromatic rings. The zero-order chi connectivity index (χ0) is 25.1. The molecular formula is C23H19BrClF3N2O3S. The summed E-state index contributed by atoms with van der Waals surface area (Å²) in [6.07, 6.45) is -4.77. The van der Waals surface area contributed by atoms with Crippen LogP contribution in [0.1, 0.15) is 16.7 Å². The summed E-state index contributed by atoms with van der Waals surface area (Å²) in [5.74, 6) is -0.930. The number of alkyl halides is 3. The minimum Gasteiger partial charge on any atom is -0.324 e. The van der Waals surface area contributed by atoms with Gasteiger partial charge in [-0.2, -0.15) is 17.5 Å². The number of sulfonamides is 1. The van der Waals surface area contributed by atoms with Crippen molar-refractivity contribution in [3.8, 4) is 0 Å². The third kappa shape index (κ3) is 6.59. The predicted octanol–water partition coefficient (Wildman–Crippen LogP) is 6.26. The Morgan fingerprint density at radius 1 is 1.03 bits per heavy atom. The molecule has 0 bridgehead atoms. The van der Waals surface area contributed by atoms with Crippen LogP contribution in [0.3, 0.4) is 0 Å². The molecule has 3 rings (SSSR count). The number of aryl methyl sites for hydroxylation is 1. The number of benzene rings is 3. The highest BCUT2D eigenvalue weighted by molar-refractivity contribution is 9.10. The first-order valence-corrected chi connectivity index (χ1v) is 12.5. The number of amides is 1. The van der Waals surface area contributed by atoms with Crippen LogP contribution >= 0.6 is 27.5 Å². The van der Waals surface area contributed by atoms with Gasteiger partial charge in [-0.1, -0.05) is 57.4 Å². The second-order valence-electron chi connectivity index (χ2n) is 7.45. The third-order valence-corrected chi connectivity index (χ3v) is 7.38. The first-order valence-electron chi connectivity index (χ1n) is 9.84. The van der Waals surface area contributed by atoms with Crippen LogP contribution in [-0.2, 0) is 27.5 Å². The van der Waals surface area contributed by atoms with E-state index in [2.05, 4.69) is 21.2 Å². The average Bonchev–Trinajstić information content (AvgIpc) is 2.75. The molecule has 0 aliphatic carbocycles. The predicted molar refractivity (Wildman–Crippen MR) is 128 cm³/mol. The Kier molecular flexibility index (Phi) is 8.07. The van der Waals surface area contributed by atoms with Crippen LogP contribution in [-0.4, -0.2) is 25.2 Å². The fourth-order valence-corrected chi connectivity index (χ4v) is 4.91. The van der Waals surface area contributed by atoms with E-state index in [-0.39, 0.29) is 16.5 Å². The SMILES string of the molecule is Cc1ccc(S(=O)(=O)N(CC(=O)Nc2ccc(Cl)cc2C(F)(F)F)Cc2ccc(Br)cc2)cc1. The van der Waals surface area contributed by atoms with Crippen molar-refractivity contribution in [3.05, 3.63) is 92.9 Å². The summed E-state index contributed by atoms with van der Waals surface area (Å²) < 4.78 is 68.5. The summed E-state index contributed by atoms with van der Waals surface area (Å²) in [7, 11) is -4.14. The fraction of sp³-hybridized carbons (Fsp3) is 0.174. The molecule has 34 heavy (non-hydrogen) atoms. The molecular weight excluding hydrogens is 557 g/mol. The molecule has 0 aliphatic rings. The zero-order valence-corrected chi connectivity index (χ0v) is 20.9. The summed E-state index contributed by atoms with van der Waals surface area (Å²) in [5, 5.41) is 2.02. The number of hydrogen-bond donors (Lipinski definition) is 1. The number of hydrogen-bond acceptors (Lipinski definition) is 3. The van der Waals surface area contributed by atoms with E-state index in [4.69, 9.17) is 11.6 Å². The number of halogens is 5. The lowest BCUT2D eigenvalue weighted by molar-refractivity contribution is -0.137. The quantitative estimate of drug-likeness (QED) is 0.362. The van der Waals surface area contributed by atoms with E-state index in [1.807, 2.05) is 0 Å². The molecule has 180 valence electrons. The van der Waals surface area contributed by atoms with E-state index in [1.165, 1.54) is 18.2 Å². The maximum absolute atomic E-state index is 13.4. The van der Waals surface area contributed by atoms with Crippen molar-refractivity contribution >= 4 is 49.1 Å². The van der Waals surface area contributed by atoms with Gasteiger partial charge in [-0.25, -0.2) is 8.42 Å². The van der Waals surface area contributed by atoms with Crippen molar-refractivity contribution in [3.63, 3.8) is 0 Å². The molecule has 1 amide bonds. The number of carbonyl (C=O) groups excluding carboxylic acids is 1. The van der Waals surface area contributed by atoms with E-state index >= 15 is 0 Å². The highest BCUT2D eigenvalue weighted by Gasteiger charge is 2.35. The summed E-state index contributed by atoms with van der Waals surface area (Å²) >= 11 is 8.98. The van der Waals surface area contributed by atoms with Crippen molar-refractivity contribution in [1.29, 1.82) is 0 Å². The number of carbonyl (C=O) groups is 1. The molecule has 1 N–H and O–H groups in total.